The van der Waals surface area contributed by atoms with E-state index in [0.717, 1.165) is 23.3 Å². The molecule has 5 heteroatoms. The molecular weight excluding hydrogens is 352 g/mol. The zero-order chi connectivity index (χ0) is 20.2. The van der Waals surface area contributed by atoms with Gasteiger partial charge >= 0.3 is 0 Å². The van der Waals surface area contributed by atoms with Crippen LogP contribution in [0, 0.1) is 0 Å². The number of piperidine rings is 1. The van der Waals surface area contributed by atoms with Gasteiger partial charge in [-0.1, -0.05) is 42.5 Å². The number of hydrogen-bond donors (Lipinski definition) is 2. The van der Waals surface area contributed by atoms with Crippen molar-refractivity contribution in [3.8, 4) is 5.75 Å². The van der Waals surface area contributed by atoms with Gasteiger partial charge in [0.2, 0.25) is 0 Å². The summed E-state index contributed by atoms with van der Waals surface area (Å²) >= 11 is 0. The highest BCUT2D eigenvalue weighted by Crippen LogP contribution is 2.27. The summed E-state index contributed by atoms with van der Waals surface area (Å²) in [6.45, 7) is 5.48. The molecule has 0 radical (unpaired) electrons. The Labute approximate surface area is 167 Å². The van der Waals surface area contributed by atoms with E-state index >= 15 is 0 Å². The molecule has 2 aromatic carbocycles. The van der Waals surface area contributed by atoms with E-state index in [2.05, 4.69) is 31.3 Å². The van der Waals surface area contributed by atoms with Gasteiger partial charge in [-0.3, -0.25) is 4.79 Å². The molecule has 0 unspecified atom stereocenters. The van der Waals surface area contributed by atoms with Crippen molar-refractivity contribution in [1.29, 1.82) is 0 Å². The smallest absolute Gasteiger partial charge is 0.256 e. The van der Waals surface area contributed by atoms with Crippen LogP contribution in [-0.2, 0) is 16.9 Å². The molecule has 1 fully saturated rings. The SMILES string of the molecule is COc1cccc(CN2CCC[C@@](O)(CNC(C)(C)c3ccccc3)C2=O)c1. The minimum atomic E-state index is -1.39. The molecule has 5 nitrogen and oxygen atoms in total. The van der Waals surface area contributed by atoms with Crippen molar-refractivity contribution in [2.45, 2.75) is 44.4 Å². The molecule has 0 saturated carbocycles. The lowest BCUT2D eigenvalue weighted by atomic mass is 9.88. The number of nitrogens with one attached hydrogen (secondary N) is 1. The van der Waals surface area contributed by atoms with Crippen molar-refractivity contribution in [2.24, 2.45) is 0 Å². The fourth-order valence-corrected chi connectivity index (χ4v) is 3.70. The van der Waals surface area contributed by atoms with Crippen LogP contribution >= 0.6 is 0 Å². The van der Waals surface area contributed by atoms with E-state index in [4.69, 9.17) is 4.74 Å². The molecule has 1 aliphatic heterocycles. The van der Waals surface area contributed by atoms with Crippen LogP contribution in [0.15, 0.2) is 54.6 Å². The quantitative estimate of drug-likeness (QED) is 0.773. The third kappa shape index (κ3) is 4.54. The molecule has 150 valence electrons. The normalized spacial score (nSPS) is 20.3. The van der Waals surface area contributed by atoms with Crippen molar-refractivity contribution >= 4 is 5.91 Å². The van der Waals surface area contributed by atoms with E-state index in [9.17, 15) is 9.90 Å². The summed E-state index contributed by atoms with van der Waals surface area (Å²) in [5, 5.41) is 14.5. The average molecular weight is 383 g/mol. The Morgan fingerprint density at radius 2 is 1.93 bits per heavy atom. The van der Waals surface area contributed by atoms with Crippen LogP contribution in [0.1, 0.15) is 37.8 Å². The van der Waals surface area contributed by atoms with Crippen LogP contribution in [-0.4, -0.2) is 41.7 Å². The van der Waals surface area contributed by atoms with Gasteiger partial charge in [-0.15, -0.1) is 0 Å². The number of hydrogen-bond acceptors (Lipinski definition) is 4. The summed E-state index contributed by atoms with van der Waals surface area (Å²) in [5.41, 5.74) is 0.389. The van der Waals surface area contributed by atoms with Gasteiger partial charge in [0.1, 0.15) is 5.75 Å². The molecule has 2 N–H and O–H groups in total. The molecule has 1 aliphatic rings. The number of methoxy groups -OCH3 is 1. The lowest BCUT2D eigenvalue weighted by Gasteiger charge is -2.40. The van der Waals surface area contributed by atoms with E-state index < -0.39 is 5.60 Å². The first-order valence-corrected chi connectivity index (χ1v) is 9.79. The van der Waals surface area contributed by atoms with Gasteiger partial charge in [0.05, 0.1) is 7.11 Å². The second kappa shape index (κ2) is 8.33. The monoisotopic (exact) mass is 382 g/mol. The average Bonchev–Trinajstić information content (AvgIpc) is 2.71. The maximum absolute atomic E-state index is 13.1. The number of likely N-dealkylation sites (tertiary alicyclic amines) is 1. The van der Waals surface area contributed by atoms with Crippen molar-refractivity contribution in [3.05, 3.63) is 65.7 Å². The van der Waals surface area contributed by atoms with E-state index in [1.807, 2.05) is 42.5 Å². The van der Waals surface area contributed by atoms with Crippen molar-refractivity contribution in [1.82, 2.24) is 10.2 Å². The van der Waals surface area contributed by atoms with Crippen LogP contribution in [0.2, 0.25) is 0 Å². The summed E-state index contributed by atoms with van der Waals surface area (Å²) in [5.74, 6) is 0.557. The van der Waals surface area contributed by atoms with Crippen LogP contribution < -0.4 is 10.1 Å². The molecule has 0 bridgehead atoms. The largest absolute Gasteiger partial charge is 0.497 e. The summed E-state index contributed by atoms with van der Waals surface area (Å²) in [6, 6.07) is 17.8. The van der Waals surface area contributed by atoms with E-state index in [1.54, 1.807) is 12.0 Å². The fraction of sp³-hybridized carbons (Fsp3) is 0.435. The maximum atomic E-state index is 13.1. The lowest BCUT2D eigenvalue weighted by molar-refractivity contribution is -0.157. The Hall–Kier alpha value is -2.37. The highest BCUT2D eigenvalue weighted by atomic mass is 16.5. The Balaban J connectivity index is 1.68. The van der Waals surface area contributed by atoms with Gasteiger partial charge in [0, 0.05) is 25.2 Å². The molecule has 1 heterocycles. The minimum absolute atomic E-state index is 0.210. The fourth-order valence-electron chi connectivity index (χ4n) is 3.70. The van der Waals surface area contributed by atoms with Crippen LogP contribution in [0.3, 0.4) is 0 Å². The van der Waals surface area contributed by atoms with E-state index in [1.165, 1.54) is 0 Å². The predicted octanol–water partition coefficient (Wildman–Crippen LogP) is 3.07. The second-order valence-electron chi connectivity index (χ2n) is 8.06. The molecule has 28 heavy (non-hydrogen) atoms. The highest BCUT2D eigenvalue weighted by molar-refractivity contribution is 5.86. The van der Waals surface area contributed by atoms with Crippen molar-refractivity contribution < 1.29 is 14.6 Å². The van der Waals surface area contributed by atoms with Gasteiger partial charge < -0.3 is 20.1 Å². The van der Waals surface area contributed by atoms with Gasteiger partial charge in [-0.2, -0.15) is 0 Å². The van der Waals surface area contributed by atoms with Crippen molar-refractivity contribution in [3.63, 3.8) is 0 Å². The first-order chi connectivity index (χ1) is 13.3. The molecule has 1 amide bonds. The van der Waals surface area contributed by atoms with Gasteiger partial charge in [-0.05, 0) is 49.9 Å². The Bertz CT molecular complexity index is 807. The molecular formula is C23H30N2O3. The predicted molar refractivity (Wildman–Crippen MR) is 110 cm³/mol. The number of carbonyl (C=O) groups is 1. The number of ether oxygens (including phenoxy) is 1. The third-order valence-electron chi connectivity index (χ3n) is 5.53. The van der Waals surface area contributed by atoms with E-state index in [0.29, 0.717) is 19.5 Å². The summed E-state index contributed by atoms with van der Waals surface area (Å²) in [4.78, 5) is 14.8. The van der Waals surface area contributed by atoms with Crippen LogP contribution in [0.25, 0.3) is 0 Å². The molecule has 3 rings (SSSR count). The maximum Gasteiger partial charge on any atom is 0.256 e. The van der Waals surface area contributed by atoms with E-state index in [-0.39, 0.29) is 18.0 Å². The Morgan fingerprint density at radius 3 is 2.64 bits per heavy atom. The van der Waals surface area contributed by atoms with Gasteiger partial charge in [0.15, 0.2) is 5.60 Å². The number of benzene rings is 2. The third-order valence-corrected chi connectivity index (χ3v) is 5.53. The summed E-state index contributed by atoms with van der Waals surface area (Å²) < 4.78 is 5.27. The zero-order valence-electron chi connectivity index (χ0n) is 16.9. The molecule has 2 aromatic rings. The number of nitrogens with zero attached hydrogens (tertiary/aromatic N) is 1. The van der Waals surface area contributed by atoms with Gasteiger partial charge in [-0.25, -0.2) is 0 Å². The lowest BCUT2D eigenvalue weighted by Crippen LogP contribution is -2.59. The number of rotatable bonds is 7. The molecule has 0 aromatic heterocycles. The van der Waals surface area contributed by atoms with Crippen LogP contribution in [0.5, 0.6) is 5.75 Å². The zero-order valence-corrected chi connectivity index (χ0v) is 16.9. The molecule has 1 atom stereocenters. The summed E-state index contributed by atoms with van der Waals surface area (Å²) in [7, 11) is 1.63. The van der Waals surface area contributed by atoms with Crippen molar-refractivity contribution in [2.75, 3.05) is 20.2 Å². The first-order valence-electron chi connectivity index (χ1n) is 9.79. The Morgan fingerprint density at radius 1 is 1.18 bits per heavy atom. The van der Waals surface area contributed by atoms with Gasteiger partial charge in [0.25, 0.3) is 5.91 Å². The molecule has 0 aliphatic carbocycles. The number of carbonyl (C=O) groups excluding carboxylic acids is 1. The molecule has 0 spiro atoms. The highest BCUT2D eigenvalue weighted by Gasteiger charge is 2.43. The number of aliphatic hydroxyl groups is 1. The standard InChI is InChI=1S/C23H30N2O3/c1-22(2,19-10-5-4-6-11-19)24-17-23(27)13-8-14-25(21(23)26)16-18-9-7-12-20(15-18)28-3/h4-7,9-12,15,24,27H,8,13-14,16-17H2,1-3H3/t23-/m1/s1. The summed E-state index contributed by atoms with van der Waals surface area (Å²) in [6.07, 6.45) is 1.25. The topological polar surface area (TPSA) is 61.8 Å². The van der Waals surface area contributed by atoms with Crippen LogP contribution in [0.4, 0.5) is 0 Å². The Kier molecular flexibility index (Phi) is 6.06. The molecule has 1 saturated heterocycles. The number of amides is 1. The minimum Gasteiger partial charge on any atom is -0.497 e. The first kappa shape index (κ1) is 20.4. The second-order valence-corrected chi connectivity index (χ2v) is 8.06.